The lowest BCUT2D eigenvalue weighted by atomic mass is 9.93. The highest BCUT2D eigenvalue weighted by Gasteiger charge is 2.30. The van der Waals surface area contributed by atoms with Crippen molar-refractivity contribution in [2.24, 2.45) is 10.4 Å². The van der Waals surface area contributed by atoms with Crippen LogP contribution in [-0.4, -0.2) is 62.1 Å². The van der Waals surface area contributed by atoms with Crippen LogP contribution in [0.5, 0.6) is 0 Å². The zero-order valence-corrected chi connectivity index (χ0v) is 12.9. The highest BCUT2D eigenvalue weighted by Crippen LogP contribution is 2.28. The third-order valence-corrected chi connectivity index (χ3v) is 4.35. The van der Waals surface area contributed by atoms with Crippen molar-refractivity contribution in [2.45, 2.75) is 39.5 Å². The van der Waals surface area contributed by atoms with Crippen molar-refractivity contribution in [3.05, 3.63) is 0 Å². The van der Waals surface area contributed by atoms with E-state index in [2.05, 4.69) is 34.0 Å². The molecular formula is C15H30N4. The van der Waals surface area contributed by atoms with E-state index in [9.17, 15) is 0 Å². The van der Waals surface area contributed by atoms with E-state index in [-0.39, 0.29) is 0 Å². The molecule has 4 nitrogen and oxygen atoms in total. The van der Waals surface area contributed by atoms with Crippen LogP contribution in [0, 0.1) is 5.41 Å². The summed E-state index contributed by atoms with van der Waals surface area (Å²) in [6, 6.07) is 0. The summed E-state index contributed by atoms with van der Waals surface area (Å²) in [6.45, 7) is 11.7. The predicted molar refractivity (Wildman–Crippen MR) is 81.6 cm³/mol. The molecule has 0 spiro atoms. The summed E-state index contributed by atoms with van der Waals surface area (Å²) in [7, 11) is 1.90. The maximum atomic E-state index is 4.43. The maximum absolute atomic E-state index is 4.43. The molecule has 110 valence electrons. The average Bonchev–Trinajstić information content (AvgIpc) is 2.76. The van der Waals surface area contributed by atoms with Crippen LogP contribution in [0.4, 0.5) is 0 Å². The van der Waals surface area contributed by atoms with Crippen LogP contribution in [0.1, 0.15) is 39.5 Å². The number of aliphatic imine (C=N–C) groups is 1. The molecule has 0 amide bonds. The van der Waals surface area contributed by atoms with Crippen molar-refractivity contribution >= 4 is 5.96 Å². The highest BCUT2D eigenvalue weighted by atomic mass is 15.3. The summed E-state index contributed by atoms with van der Waals surface area (Å²) in [4.78, 5) is 9.40. The average molecular weight is 266 g/mol. The Morgan fingerprint density at radius 1 is 1.16 bits per heavy atom. The van der Waals surface area contributed by atoms with E-state index in [1.807, 2.05) is 7.05 Å². The Hall–Kier alpha value is -0.770. The Morgan fingerprint density at radius 2 is 1.89 bits per heavy atom. The molecule has 2 rings (SSSR count). The topological polar surface area (TPSA) is 30.9 Å². The largest absolute Gasteiger partial charge is 0.355 e. The quantitative estimate of drug-likeness (QED) is 0.624. The number of hydrogen-bond acceptors (Lipinski definition) is 2. The molecule has 2 aliphatic heterocycles. The number of likely N-dealkylation sites (tertiary alicyclic amines) is 2. The van der Waals surface area contributed by atoms with E-state index in [0.29, 0.717) is 5.41 Å². The molecule has 2 fully saturated rings. The van der Waals surface area contributed by atoms with Crippen LogP contribution in [-0.2, 0) is 0 Å². The first kappa shape index (κ1) is 14.6. The zero-order valence-electron chi connectivity index (χ0n) is 12.9. The third kappa shape index (κ3) is 4.37. The van der Waals surface area contributed by atoms with Crippen LogP contribution < -0.4 is 5.32 Å². The molecule has 19 heavy (non-hydrogen) atoms. The van der Waals surface area contributed by atoms with Crippen molar-refractivity contribution in [3.63, 3.8) is 0 Å². The minimum Gasteiger partial charge on any atom is -0.355 e. The van der Waals surface area contributed by atoms with Crippen molar-refractivity contribution in [1.29, 1.82) is 0 Å². The Bertz CT molecular complexity index is 305. The predicted octanol–water partition coefficient (Wildman–Crippen LogP) is 1.78. The second-order valence-corrected chi connectivity index (χ2v) is 6.71. The van der Waals surface area contributed by atoms with Crippen molar-refractivity contribution in [1.82, 2.24) is 15.1 Å². The van der Waals surface area contributed by atoms with Gasteiger partial charge in [-0.2, -0.15) is 0 Å². The Morgan fingerprint density at radius 3 is 2.47 bits per heavy atom. The first-order valence-corrected chi connectivity index (χ1v) is 7.79. The molecule has 2 saturated heterocycles. The summed E-state index contributed by atoms with van der Waals surface area (Å²) < 4.78 is 0. The monoisotopic (exact) mass is 266 g/mol. The van der Waals surface area contributed by atoms with Crippen molar-refractivity contribution in [2.75, 3.05) is 46.3 Å². The number of guanidine groups is 1. The lowest BCUT2D eigenvalue weighted by molar-refractivity contribution is 0.231. The number of rotatable bonds is 3. The van der Waals surface area contributed by atoms with Gasteiger partial charge in [0.1, 0.15) is 0 Å². The number of piperidine rings is 1. The van der Waals surface area contributed by atoms with Gasteiger partial charge in [-0.1, -0.05) is 20.3 Å². The van der Waals surface area contributed by atoms with Crippen LogP contribution in [0.2, 0.25) is 0 Å². The number of nitrogens with zero attached hydrogens (tertiary/aromatic N) is 3. The first-order chi connectivity index (χ1) is 9.11. The molecule has 0 saturated carbocycles. The summed E-state index contributed by atoms with van der Waals surface area (Å²) >= 11 is 0. The normalized spacial score (nSPS) is 24.8. The fourth-order valence-electron chi connectivity index (χ4n) is 3.13. The van der Waals surface area contributed by atoms with E-state index in [4.69, 9.17) is 0 Å². The summed E-state index contributed by atoms with van der Waals surface area (Å²) in [5.41, 5.74) is 0.435. The fourth-order valence-corrected chi connectivity index (χ4v) is 3.13. The van der Waals surface area contributed by atoms with Gasteiger partial charge in [0.25, 0.3) is 0 Å². The summed E-state index contributed by atoms with van der Waals surface area (Å²) in [5, 5.41) is 3.53. The SMILES string of the molecule is CN=C(NCCN1CCCCC1)N1CCC(C)(C)C1. The van der Waals surface area contributed by atoms with Gasteiger partial charge >= 0.3 is 0 Å². The van der Waals surface area contributed by atoms with E-state index in [0.717, 1.165) is 32.1 Å². The van der Waals surface area contributed by atoms with Gasteiger partial charge in [0.2, 0.25) is 0 Å². The van der Waals surface area contributed by atoms with Gasteiger partial charge in [0.15, 0.2) is 5.96 Å². The summed E-state index contributed by atoms with van der Waals surface area (Å²) in [6.07, 6.45) is 5.42. The van der Waals surface area contributed by atoms with E-state index >= 15 is 0 Å². The van der Waals surface area contributed by atoms with E-state index in [1.54, 1.807) is 0 Å². The van der Waals surface area contributed by atoms with Crippen LogP contribution in [0.15, 0.2) is 4.99 Å². The molecule has 0 unspecified atom stereocenters. The first-order valence-electron chi connectivity index (χ1n) is 7.79. The van der Waals surface area contributed by atoms with E-state index < -0.39 is 0 Å². The standard InChI is InChI=1S/C15H30N4/c1-15(2)7-11-19(13-15)14(16-3)17-8-12-18-9-5-4-6-10-18/h4-13H2,1-3H3,(H,16,17). The highest BCUT2D eigenvalue weighted by molar-refractivity contribution is 5.80. The molecular weight excluding hydrogens is 236 g/mol. The minimum absolute atomic E-state index is 0.435. The van der Waals surface area contributed by atoms with Crippen molar-refractivity contribution in [3.8, 4) is 0 Å². The minimum atomic E-state index is 0.435. The molecule has 2 aliphatic rings. The second-order valence-electron chi connectivity index (χ2n) is 6.71. The van der Waals surface area contributed by atoms with Gasteiger partial charge in [0.05, 0.1) is 0 Å². The van der Waals surface area contributed by atoms with Gasteiger partial charge in [0, 0.05) is 33.2 Å². The molecule has 0 aromatic heterocycles. The third-order valence-electron chi connectivity index (χ3n) is 4.35. The fraction of sp³-hybridized carbons (Fsp3) is 0.933. The maximum Gasteiger partial charge on any atom is 0.193 e. The molecule has 0 radical (unpaired) electrons. The van der Waals surface area contributed by atoms with Gasteiger partial charge in [-0.25, -0.2) is 0 Å². The Balaban J connectivity index is 1.71. The van der Waals surface area contributed by atoms with Crippen LogP contribution in [0.3, 0.4) is 0 Å². The van der Waals surface area contributed by atoms with Gasteiger partial charge in [-0.05, 0) is 37.8 Å². The molecule has 0 aromatic rings. The lowest BCUT2D eigenvalue weighted by Crippen LogP contribution is -2.44. The van der Waals surface area contributed by atoms with Gasteiger partial charge in [-0.3, -0.25) is 4.99 Å². The van der Waals surface area contributed by atoms with Crippen molar-refractivity contribution < 1.29 is 0 Å². The number of hydrogen-bond donors (Lipinski definition) is 1. The molecule has 0 atom stereocenters. The van der Waals surface area contributed by atoms with Gasteiger partial charge in [-0.15, -0.1) is 0 Å². The smallest absolute Gasteiger partial charge is 0.193 e. The molecule has 2 heterocycles. The molecule has 0 bridgehead atoms. The van der Waals surface area contributed by atoms with E-state index in [1.165, 1.54) is 38.8 Å². The zero-order chi connectivity index (χ0) is 13.7. The van der Waals surface area contributed by atoms with Crippen LogP contribution in [0.25, 0.3) is 0 Å². The second kappa shape index (κ2) is 6.60. The molecule has 0 aromatic carbocycles. The molecule has 0 aliphatic carbocycles. The molecule has 1 N–H and O–H groups in total. The number of nitrogens with one attached hydrogen (secondary N) is 1. The molecule has 4 heteroatoms. The van der Waals surface area contributed by atoms with Crippen LogP contribution >= 0.6 is 0 Å². The van der Waals surface area contributed by atoms with Gasteiger partial charge < -0.3 is 15.1 Å². The summed E-state index contributed by atoms with van der Waals surface area (Å²) in [5.74, 6) is 1.09. The Kier molecular flexibility index (Phi) is 5.08. The Labute approximate surface area is 118 Å². The lowest BCUT2D eigenvalue weighted by Gasteiger charge is -2.28.